The molecule has 1 aliphatic rings. The molecule has 1 saturated heterocycles. The van der Waals surface area contributed by atoms with Crippen molar-refractivity contribution in [1.29, 1.82) is 0 Å². The monoisotopic (exact) mass is 402 g/mol. The maximum absolute atomic E-state index is 10.1. The molecule has 2 N–H and O–H groups in total. The van der Waals surface area contributed by atoms with Crippen LogP contribution in [0.25, 0.3) is 0 Å². The lowest BCUT2D eigenvalue weighted by molar-refractivity contribution is 0.201. The lowest BCUT2D eigenvalue weighted by atomic mass is 10.0. The van der Waals surface area contributed by atoms with Crippen LogP contribution in [0.5, 0.6) is 5.75 Å². The first kappa shape index (κ1) is 20.0. The molecule has 0 unspecified atom stereocenters. The van der Waals surface area contributed by atoms with Gasteiger partial charge in [-0.1, -0.05) is 33.6 Å². The Bertz CT molecular complexity index is 453. The maximum Gasteiger partial charge on any atom is 0.139 e. The molecule has 114 valence electrons. The highest BCUT2D eigenvalue weighted by atomic mass is 79.9. The Morgan fingerprint density at radius 3 is 2.50 bits per heavy atom. The Balaban J connectivity index is 0.00000180. The molecule has 1 fully saturated rings. The van der Waals surface area contributed by atoms with Crippen LogP contribution >= 0.6 is 52.3 Å². The van der Waals surface area contributed by atoms with E-state index in [4.69, 9.17) is 11.6 Å². The Hall–Kier alpha value is 0.0300. The summed E-state index contributed by atoms with van der Waals surface area (Å²) in [7, 11) is 0. The molecular weight excluding hydrogens is 386 g/mol. The van der Waals surface area contributed by atoms with Crippen molar-refractivity contribution in [2.45, 2.75) is 6.04 Å². The zero-order valence-electron chi connectivity index (χ0n) is 10.8. The van der Waals surface area contributed by atoms with Gasteiger partial charge < -0.3 is 10.4 Å². The minimum Gasteiger partial charge on any atom is -0.506 e. The van der Waals surface area contributed by atoms with Gasteiger partial charge in [-0.25, -0.2) is 0 Å². The van der Waals surface area contributed by atoms with E-state index in [1.54, 1.807) is 6.07 Å². The van der Waals surface area contributed by atoms with E-state index in [1.807, 2.05) is 12.1 Å². The van der Waals surface area contributed by atoms with Gasteiger partial charge in [0.05, 0.1) is 11.1 Å². The minimum absolute atomic E-state index is 0. The van der Waals surface area contributed by atoms with Gasteiger partial charge in [0.2, 0.25) is 0 Å². The molecule has 0 aliphatic carbocycles. The number of nitrogens with zero attached hydrogens (tertiary/aromatic N) is 1. The molecule has 2 rings (SSSR count). The molecule has 0 radical (unpaired) electrons. The third-order valence-electron chi connectivity index (χ3n) is 3.14. The van der Waals surface area contributed by atoms with Crippen LogP contribution in [0.15, 0.2) is 29.3 Å². The quantitative estimate of drug-likeness (QED) is 0.753. The number of aromatic hydroxyl groups is 1. The summed E-state index contributed by atoms with van der Waals surface area (Å²) in [6.07, 6.45) is 1.85. The molecule has 20 heavy (non-hydrogen) atoms. The van der Waals surface area contributed by atoms with Crippen molar-refractivity contribution in [3.63, 3.8) is 0 Å². The minimum atomic E-state index is -0.0119. The Morgan fingerprint density at radius 2 is 1.95 bits per heavy atom. The van der Waals surface area contributed by atoms with Gasteiger partial charge in [-0.3, -0.25) is 4.90 Å². The third-order valence-corrected chi connectivity index (χ3v) is 3.89. The second kappa shape index (κ2) is 9.13. The van der Waals surface area contributed by atoms with Gasteiger partial charge in [-0.15, -0.1) is 31.4 Å². The molecule has 1 aliphatic heterocycles. The number of hydrogen-bond donors (Lipinski definition) is 2. The highest BCUT2D eigenvalue weighted by Crippen LogP contribution is 2.37. The summed E-state index contributed by atoms with van der Waals surface area (Å²) >= 11 is 9.42. The third kappa shape index (κ3) is 4.52. The average Bonchev–Trinajstić information content (AvgIpc) is 2.37. The summed E-state index contributed by atoms with van der Waals surface area (Å²) in [4.78, 5) is 2.28. The van der Waals surface area contributed by atoms with Gasteiger partial charge in [0.1, 0.15) is 5.75 Å². The van der Waals surface area contributed by atoms with E-state index in [2.05, 4.69) is 32.7 Å². The molecular formula is C13H18BrCl3N2O. The highest BCUT2D eigenvalue weighted by molar-refractivity contribution is 9.10. The van der Waals surface area contributed by atoms with E-state index in [9.17, 15) is 5.11 Å². The van der Waals surface area contributed by atoms with E-state index < -0.39 is 0 Å². The molecule has 1 aromatic rings. The van der Waals surface area contributed by atoms with Gasteiger partial charge in [0, 0.05) is 36.2 Å². The number of nitrogens with one attached hydrogen (secondary N) is 1. The number of piperazine rings is 1. The van der Waals surface area contributed by atoms with E-state index in [0.29, 0.717) is 5.02 Å². The predicted octanol–water partition coefficient (Wildman–Crippen LogP) is 3.78. The van der Waals surface area contributed by atoms with E-state index in [-0.39, 0.29) is 36.6 Å². The fraction of sp³-hybridized carbons (Fsp3) is 0.385. The molecule has 0 spiro atoms. The van der Waals surface area contributed by atoms with E-state index in [0.717, 1.165) is 36.2 Å². The van der Waals surface area contributed by atoms with Crippen LogP contribution in [0, 0.1) is 0 Å². The Kier molecular flexibility index (Phi) is 9.14. The predicted molar refractivity (Wildman–Crippen MR) is 92.7 cm³/mol. The first-order chi connectivity index (χ1) is 8.63. The normalized spacial score (nSPS) is 16.7. The molecule has 0 bridgehead atoms. The fourth-order valence-corrected chi connectivity index (χ4v) is 3.08. The Morgan fingerprint density at radius 1 is 1.35 bits per heavy atom. The van der Waals surface area contributed by atoms with Gasteiger partial charge in [0.25, 0.3) is 0 Å². The number of hydrogen-bond acceptors (Lipinski definition) is 3. The van der Waals surface area contributed by atoms with Crippen LogP contribution in [0.1, 0.15) is 11.6 Å². The zero-order chi connectivity index (χ0) is 13.1. The molecule has 0 aromatic heterocycles. The lowest BCUT2D eigenvalue weighted by Gasteiger charge is -2.33. The summed E-state index contributed by atoms with van der Waals surface area (Å²) in [5, 5.41) is 13.8. The number of benzene rings is 1. The maximum atomic E-state index is 10.1. The number of phenolic OH excluding ortho intramolecular Hbond substituents is 1. The average molecular weight is 405 g/mol. The zero-order valence-corrected chi connectivity index (χ0v) is 14.8. The van der Waals surface area contributed by atoms with Gasteiger partial charge in [-0.05, 0) is 12.1 Å². The van der Waals surface area contributed by atoms with Crippen molar-refractivity contribution in [2.24, 2.45) is 0 Å². The Labute approximate surface area is 145 Å². The summed E-state index contributed by atoms with van der Waals surface area (Å²) in [6.45, 7) is 7.65. The topological polar surface area (TPSA) is 35.5 Å². The van der Waals surface area contributed by atoms with Crippen LogP contribution in [0.2, 0.25) is 5.02 Å². The summed E-state index contributed by atoms with van der Waals surface area (Å²) in [5.74, 6) is 0.142. The van der Waals surface area contributed by atoms with Crippen molar-refractivity contribution < 1.29 is 5.11 Å². The van der Waals surface area contributed by atoms with Gasteiger partial charge >= 0.3 is 0 Å². The largest absolute Gasteiger partial charge is 0.506 e. The smallest absolute Gasteiger partial charge is 0.139 e. The first-order valence-corrected chi connectivity index (χ1v) is 7.06. The standard InChI is InChI=1S/C13H16BrClN2O.2ClH/c1-2-12(17-5-3-16-4-6-17)10-7-9(14)8-11(15)13(10)18;;/h2,7-8,12,16,18H,1,3-6H2;2*1H/t12-;;/m1../s1. The van der Waals surface area contributed by atoms with Crippen LogP contribution in [-0.2, 0) is 0 Å². The van der Waals surface area contributed by atoms with Crippen LogP contribution in [-0.4, -0.2) is 36.2 Å². The molecule has 1 aromatic carbocycles. The summed E-state index contributed by atoms with van der Waals surface area (Å²) < 4.78 is 0.863. The van der Waals surface area contributed by atoms with Crippen molar-refractivity contribution in [2.75, 3.05) is 26.2 Å². The molecule has 1 atom stereocenters. The molecule has 3 nitrogen and oxygen atoms in total. The van der Waals surface area contributed by atoms with E-state index >= 15 is 0 Å². The van der Waals surface area contributed by atoms with Crippen LogP contribution in [0.3, 0.4) is 0 Å². The lowest BCUT2D eigenvalue weighted by Crippen LogP contribution is -2.44. The molecule has 7 heteroatoms. The second-order valence-electron chi connectivity index (χ2n) is 4.29. The van der Waals surface area contributed by atoms with Crippen molar-refractivity contribution in [1.82, 2.24) is 10.2 Å². The molecule has 0 amide bonds. The van der Waals surface area contributed by atoms with Crippen molar-refractivity contribution in [3.8, 4) is 5.75 Å². The first-order valence-electron chi connectivity index (χ1n) is 5.88. The highest BCUT2D eigenvalue weighted by Gasteiger charge is 2.23. The SMILES string of the molecule is C=C[C@H](c1cc(Br)cc(Cl)c1O)N1CCNCC1.Cl.Cl. The van der Waals surface area contributed by atoms with E-state index in [1.165, 1.54) is 0 Å². The van der Waals surface area contributed by atoms with Crippen molar-refractivity contribution >= 4 is 52.3 Å². The summed E-state index contributed by atoms with van der Waals surface area (Å²) in [6, 6.07) is 3.58. The molecule has 1 heterocycles. The number of halogens is 4. The molecule has 0 saturated carbocycles. The summed E-state index contributed by atoms with van der Waals surface area (Å²) in [5.41, 5.74) is 0.797. The second-order valence-corrected chi connectivity index (χ2v) is 5.61. The van der Waals surface area contributed by atoms with Crippen LogP contribution in [0.4, 0.5) is 0 Å². The van der Waals surface area contributed by atoms with Gasteiger partial charge in [-0.2, -0.15) is 0 Å². The number of rotatable bonds is 3. The number of phenols is 1. The van der Waals surface area contributed by atoms with Gasteiger partial charge in [0.15, 0.2) is 0 Å². The van der Waals surface area contributed by atoms with Crippen LogP contribution < -0.4 is 5.32 Å². The van der Waals surface area contributed by atoms with Crippen molar-refractivity contribution in [3.05, 3.63) is 39.8 Å². The fourth-order valence-electron chi connectivity index (χ4n) is 2.24.